The summed E-state index contributed by atoms with van der Waals surface area (Å²) >= 11 is 0. The van der Waals surface area contributed by atoms with E-state index in [0.717, 1.165) is 5.39 Å². The van der Waals surface area contributed by atoms with Crippen LogP contribution in [0.1, 0.15) is 10.4 Å². The van der Waals surface area contributed by atoms with Crippen molar-refractivity contribution in [2.24, 2.45) is 0 Å². The summed E-state index contributed by atoms with van der Waals surface area (Å²) in [6, 6.07) is 8.60. The van der Waals surface area contributed by atoms with Crippen molar-refractivity contribution in [3.63, 3.8) is 0 Å². The monoisotopic (exact) mass is 219 g/mol. The number of hydrogen-bond acceptors (Lipinski definition) is 3. The molecule has 0 atom stereocenters. The van der Waals surface area contributed by atoms with Gasteiger partial charge in [-0.1, -0.05) is 18.2 Å². The van der Waals surface area contributed by atoms with Gasteiger partial charge in [0.15, 0.2) is 0 Å². The minimum absolute atomic E-state index is 0.0219. The van der Waals surface area contributed by atoms with Crippen molar-refractivity contribution in [1.82, 2.24) is 0 Å². The van der Waals surface area contributed by atoms with Crippen molar-refractivity contribution in [2.45, 2.75) is 0 Å². The topological polar surface area (TPSA) is 50.0 Å². The van der Waals surface area contributed by atoms with Crippen LogP contribution in [0.25, 0.3) is 11.0 Å². The maximum Gasteiger partial charge on any atom is 0.558 e. The van der Waals surface area contributed by atoms with Crippen molar-refractivity contribution >= 4 is 16.9 Å². The van der Waals surface area contributed by atoms with E-state index in [2.05, 4.69) is 4.37 Å². The van der Waals surface area contributed by atoms with Crippen LogP contribution in [-0.2, 0) is 4.37 Å². The van der Waals surface area contributed by atoms with Gasteiger partial charge in [0.25, 0.3) is 0 Å². The number of benzene rings is 1. The number of rotatable bonds is 1. The minimum atomic E-state index is -0.620. The molecule has 0 unspecified atom stereocenters. The molecule has 4 nitrogen and oxygen atoms in total. The van der Waals surface area contributed by atoms with E-state index in [0.29, 0.717) is 5.58 Å². The minimum Gasteiger partial charge on any atom is -0.546 e. The Morgan fingerprint density at radius 3 is 2.62 bits per heavy atom. The first kappa shape index (κ1) is 10.4. The molecule has 0 aliphatic carbocycles. The second kappa shape index (κ2) is 3.81. The molecule has 0 aliphatic heterocycles. The fourth-order valence-corrected chi connectivity index (χ4v) is 1.42. The molecule has 1 heterocycles. The molecule has 0 aliphatic rings. The third kappa shape index (κ3) is 1.69. The van der Waals surface area contributed by atoms with Gasteiger partial charge < -0.3 is 8.78 Å². The number of fused-ring (bicyclic) bond motifs is 1. The Kier molecular flexibility index (Phi) is 2.48. The van der Waals surface area contributed by atoms with Gasteiger partial charge in [0.05, 0.1) is 0 Å². The molecule has 2 aromatic rings. The predicted molar refractivity (Wildman–Crippen MR) is 59.7 cm³/mol. The smallest absolute Gasteiger partial charge is 0.546 e. The molecule has 0 bridgehead atoms. The van der Waals surface area contributed by atoms with Crippen LogP contribution in [0.2, 0.25) is 0 Å². The molecular formula is C12H11O4+. The Hall–Kier alpha value is -2.10. The molecule has 0 amide bonds. The highest BCUT2D eigenvalue weighted by Gasteiger charge is 2.24. The lowest BCUT2D eigenvalue weighted by molar-refractivity contribution is -0.0183. The molecule has 0 N–H and O–H groups in total. The molecular weight excluding hydrogens is 208 g/mol. The van der Waals surface area contributed by atoms with Gasteiger partial charge in [-0.05, 0) is 12.1 Å². The predicted octanol–water partition coefficient (Wildman–Crippen LogP) is 1.75. The average molecular weight is 219 g/mol. The van der Waals surface area contributed by atoms with Gasteiger partial charge >= 0.3 is 11.6 Å². The Morgan fingerprint density at radius 2 is 1.94 bits per heavy atom. The summed E-state index contributed by atoms with van der Waals surface area (Å²) in [6.45, 7) is 0. The van der Waals surface area contributed by atoms with Gasteiger partial charge in [-0.3, -0.25) is 0 Å². The third-order valence-electron chi connectivity index (χ3n) is 2.23. The molecule has 0 spiro atoms. The van der Waals surface area contributed by atoms with Crippen molar-refractivity contribution in [3.05, 3.63) is 46.3 Å². The van der Waals surface area contributed by atoms with Crippen LogP contribution < -0.4 is 5.63 Å². The maximum absolute atomic E-state index is 11.6. The van der Waals surface area contributed by atoms with Crippen LogP contribution in [0.5, 0.6) is 0 Å². The highest BCUT2D eigenvalue weighted by molar-refractivity contribution is 5.93. The largest absolute Gasteiger partial charge is 0.558 e. The van der Waals surface area contributed by atoms with Gasteiger partial charge in [-0.15, -0.1) is 0 Å². The van der Waals surface area contributed by atoms with E-state index in [-0.39, 0.29) is 5.56 Å². The van der Waals surface area contributed by atoms with E-state index in [4.69, 9.17) is 4.42 Å². The summed E-state index contributed by atoms with van der Waals surface area (Å²) in [6.07, 6.45) is 0. The van der Waals surface area contributed by atoms with Crippen LogP contribution in [0.3, 0.4) is 0 Å². The zero-order valence-electron chi connectivity index (χ0n) is 9.02. The fraction of sp³-hybridized carbons (Fsp3) is 0.167. The average Bonchev–Trinajstić information content (AvgIpc) is 2.27. The second-order valence-electron chi connectivity index (χ2n) is 3.59. The van der Waals surface area contributed by atoms with Crippen LogP contribution in [0, 0.1) is 0 Å². The number of carbonyl (C=O) groups excluding carboxylic acids is 1. The molecule has 16 heavy (non-hydrogen) atoms. The molecule has 4 heteroatoms. The van der Waals surface area contributed by atoms with Gasteiger partial charge in [0.1, 0.15) is 19.8 Å². The van der Waals surface area contributed by atoms with Gasteiger partial charge in [-0.2, -0.15) is 0 Å². The quantitative estimate of drug-likeness (QED) is 0.417. The third-order valence-corrected chi connectivity index (χ3v) is 2.23. The molecule has 0 fully saturated rings. The Morgan fingerprint density at radius 1 is 1.25 bits per heavy atom. The van der Waals surface area contributed by atoms with Crippen LogP contribution in [0.4, 0.5) is 0 Å². The van der Waals surface area contributed by atoms with E-state index >= 15 is 0 Å². The Balaban J connectivity index is 2.68. The summed E-state index contributed by atoms with van der Waals surface area (Å²) in [7, 11) is 3.02. The molecule has 2 rings (SSSR count). The van der Waals surface area contributed by atoms with Crippen molar-refractivity contribution in [1.29, 1.82) is 0 Å². The number of para-hydroxylation sites is 1. The highest BCUT2D eigenvalue weighted by atomic mass is 16.7. The van der Waals surface area contributed by atoms with Crippen LogP contribution in [0.15, 0.2) is 39.5 Å². The van der Waals surface area contributed by atoms with Crippen LogP contribution >= 0.6 is 0 Å². The molecule has 1 aromatic carbocycles. The Bertz CT molecular complexity index is 595. The zero-order chi connectivity index (χ0) is 11.7. The summed E-state index contributed by atoms with van der Waals surface area (Å²) in [5, 5.41) is 0.730. The van der Waals surface area contributed by atoms with Crippen molar-refractivity contribution in [2.75, 3.05) is 14.2 Å². The molecule has 0 saturated carbocycles. The SMILES string of the molecule is C[O+](C)C(=O)c1cc2ccccc2oc1=O. The summed E-state index contributed by atoms with van der Waals surface area (Å²) in [4.78, 5) is 23.2. The standard InChI is InChI=1S/C12H11O4/c1-16(2)12(14)9-7-8-5-3-4-6-10(8)15-11(9)13/h3-7H,1-2H3/q+1. The highest BCUT2D eigenvalue weighted by Crippen LogP contribution is 2.13. The lowest BCUT2D eigenvalue weighted by Gasteiger charge is -2.07. The first-order valence-electron chi connectivity index (χ1n) is 4.74. The number of hydrogen-bond donors (Lipinski definition) is 0. The normalized spacial score (nSPS) is 10.4. The van der Waals surface area contributed by atoms with Gasteiger partial charge in [0, 0.05) is 10.2 Å². The lowest BCUT2D eigenvalue weighted by Crippen LogP contribution is -2.21. The van der Waals surface area contributed by atoms with E-state index in [1.165, 1.54) is 20.3 Å². The van der Waals surface area contributed by atoms with Gasteiger partial charge in [0.2, 0.25) is 5.56 Å². The Labute approximate surface area is 91.8 Å². The first-order chi connectivity index (χ1) is 7.59. The first-order valence-corrected chi connectivity index (χ1v) is 4.74. The van der Waals surface area contributed by atoms with Crippen molar-refractivity contribution in [3.8, 4) is 0 Å². The second-order valence-corrected chi connectivity index (χ2v) is 3.59. The maximum atomic E-state index is 11.6. The molecule has 82 valence electrons. The molecule has 0 saturated heterocycles. The zero-order valence-corrected chi connectivity index (χ0v) is 9.02. The van der Waals surface area contributed by atoms with Gasteiger partial charge in [-0.25, -0.2) is 4.79 Å². The van der Waals surface area contributed by atoms with Crippen LogP contribution in [-0.4, -0.2) is 20.2 Å². The van der Waals surface area contributed by atoms with E-state index < -0.39 is 11.6 Å². The summed E-state index contributed by atoms with van der Waals surface area (Å²) in [5.74, 6) is -0.431. The van der Waals surface area contributed by atoms with E-state index in [1.54, 1.807) is 18.2 Å². The van der Waals surface area contributed by atoms with Crippen molar-refractivity contribution < 1.29 is 13.6 Å². The van der Waals surface area contributed by atoms with E-state index in [1.807, 2.05) is 6.07 Å². The molecule has 1 aromatic heterocycles. The summed E-state index contributed by atoms with van der Waals surface area (Å²) < 4.78 is 7.17. The lowest BCUT2D eigenvalue weighted by atomic mass is 10.2. The summed E-state index contributed by atoms with van der Waals surface area (Å²) in [5.41, 5.74) is -0.119. The number of carbonyl (C=O) groups is 1. The fourth-order valence-electron chi connectivity index (χ4n) is 1.42. The van der Waals surface area contributed by atoms with E-state index in [9.17, 15) is 9.59 Å². The molecule has 0 radical (unpaired) electrons.